The molecule has 3 rings (SSSR count). The Morgan fingerprint density at radius 2 is 1.95 bits per heavy atom. The number of hydrogen-bond acceptors (Lipinski definition) is 2. The molecule has 0 aliphatic heterocycles. The lowest BCUT2D eigenvalue weighted by Gasteiger charge is -2.19. The van der Waals surface area contributed by atoms with Gasteiger partial charge in [0.1, 0.15) is 5.75 Å². The molecule has 2 aromatic carbocycles. The van der Waals surface area contributed by atoms with Crippen LogP contribution in [0.25, 0.3) is 0 Å². The topological polar surface area (TPSA) is 49.3 Å². The molecule has 0 unspecified atom stereocenters. The molecule has 1 aliphatic rings. The van der Waals surface area contributed by atoms with Crippen LogP contribution in [-0.4, -0.2) is 11.0 Å². The maximum absolute atomic E-state index is 12.4. The lowest BCUT2D eigenvalue weighted by molar-refractivity contribution is 0.102. The van der Waals surface area contributed by atoms with Crippen molar-refractivity contribution in [2.45, 2.75) is 32.6 Å². The number of benzene rings is 2. The largest absolute Gasteiger partial charge is 0.507 e. The molecule has 1 amide bonds. The molecule has 0 spiro atoms. The van der Waals surface area contributed by atoms with E-state index in [0.717, 1.165) is 30.5 Å². The molecule has 0 heterocycles. The van der Waals surface area contributed by atoms with E-state index in [-0.39, 0.29) is 11.7 Å². The van der Waals surface area contributed by atoms with Crippen molar-refractivity contribution < 1.29 is 9.90 Å². The number of rotatable bonds is 2. The summed E-state index contributed by atoms with van der Waals surface area (Å²) in [6.45, 7) is 1.88. The van der Waals surface area contributed by atoms with Crippen molar-refractivity contribution in [3.63, 3.8) is 0 Å². The normalized spacial score (nSPS) is 13.6. The highest BCUT2D eigenvalue weighted by Gasteiger charge is 2.16. The summed E-state index contributed by atoms with van der Waals surface area (Å²) in [4.78, 5) is 12.4. The van der Waals surface area contributed by atoms with E-state index in [4.69, 9.17) is 0 Å². The Labute approximate surface area is 124 Å². The highest BCUT2D eigenvalue weighted by molar-refractivity contribution is 6.06. The third kappa shape index (κ3) is 2.77. The summed E-state index contributed by atoms with van der Waals surface area (Å²) in [7, 11) is 0. The van der Waals surface area contributed by atoms with Crippen molar-refractivity contribution >= 4 is 11.6 Å². The monoisotopic (exact) mass is 281 g/mol. The van der Waals surface area contributed by atoms with Gasteiger partial charge in [-0.2, -0.15) is 0 Å². The summed E-state index contributed by atoms with van der Waals surface area (Å²) in [6.07, 6.45) is 4.46. The molecular formula is C18H19NO2. The SMILES string of the molecule is Cc1ccc(C(=O)Nc2cccc3c2CCCC3)c(O)c1. The van der Waals surface area contributed by atoms with Gasteiger partial charge in [-0.3, -0.25) is 4.79 Å². The number of nitrogens with one attached hydrogen (secondary N) is 1. The first-order chi connectivity index (χ1) is 10.1. The van der Waals surface area contributed by atoms with E-state index in [1.807, 2.05) is 25.1 Å². The fourth-order valence-corrected chi connectivity index (χ4v) is 2.92. The van der Waals surface area contributed by atoms with E-state index in [2.05, 4.69) is 11.4 Å². The number of phenolic OH excluding ortho intramolecular Hbond substituents is 1. The number of hydrogen-bond donors (Lipinski definition) is 2. The van der Waals surface area contributed by atoms with Crippen LogP contribution in [0.1, 0.15) is 39.9 Å². The van der Waals surface area contributed by atoms with E-state index >= 15 is 0 Å². The molecule has 1 aliphatic carbocycles. The third-order valence-corrected chi connectivity index (χ3v) is 4.04. The maximum atomic E-state index is 12.4. The average molecular weight is 281 g/mol. The van der Waals surface area contributed by atoms with Crippen LogP contribution in [-0.2, 0) is 12.8 Å². The molecule has 0 bridgehead atoms. The van der Waals surface area contributed by atoms with Gasteiger partial charge in [0.15, 0.2) is 0 Å². The van der Waals surface area contributed by atoms with Crippen molar-refractivity contribution in [2.75, 3.05) is 5.32 Å². The molecule has 0 aromatic heterocycles. The van der Waals surface area contributed by atoms with Gasteiger partial charge in [0.25, 0.3) is 5.91 Å². The Hall–Kier alpha value is -2.29. The molecular weight excluding hydrogens is 262 g/mol. The number of phenols is 1. The predicted molar refractivity (Wildman–Crippen MR) is 83.9 cm³/mol. The first-order valence-corrected chi connectivity index (χ1v) is 7.37. The van der Waals surface area contributed by atoms with Crippen LogP contribution in [0.2, 0.25) is 0 Å². The minimum atomic E-state index is -0.258. The Kier molecular flexibility index (Phi) is 3.65. The highest BCUT2D eigenvalue weighted by Crippen LogP contribution is 2.29. The van der Waals surface area contributed by atoms with Gasteiger partial charge in [-0.05, 0) is 67.5 Å². The van der Waals surface area contributed by atoms with Gasteiger partial charge in [0.05, 0.1) is 5.56 Å². The Morgan fingerprint density at radius 1 is 1.14 bits per heavy atom. The maximum Gasteiger partial charge on any atom is 0.259 e. The fourth-order valence-electron chi connectivity index (χ4n) is 2.92. The second-order valence-electron chi connectivity index (χ2n) is 5.63. The standard InChI is InChI=1S/C18H19NO2/c1-12-9-10-15(17(20)11-12)18(21)19-16-8-4-6-13-5-2-3-7-14(13)16/h4,6,8-11,20H,2-3,5,7H2,1H3,(H,19,21). The number of aromatic hydroxyl groups is 1. The Balaban J connectivity index is 1.88. The van der Waals surface area contributed by atoms with Crippen LogP contribution < -0.4 is 5.32 Å². The van der Waals surface area contributed by atoms with Gasteiger partial charge < -0.3 is 10.4 Å². The van der Waals surface area contributed by atoms with Gasteiger partial charge in [-0.1, -0.05) is 18.2 Å². The first kappa shape index (κ1) is 13.7. The predicted octanol–water partition coefficient (Wildman–Crippen LogP) is 3.83. The fraction of sp³-hybridized carbons (Fsp3) is 0.278. The smallest absolute Gasteiger partial charge is 0.259 e. The molecule has 2 N–H and O–H groups in total. The van der Waals surface area contributed by atoms with Gasteiger partial charge in [0, 0.05) is 5.69 Å². The number of anilines is 1. The molecule has 21 heavy (non-hydrogen) atoms. The number of aryl methyl sites for hydroxylation is 2. The van der Waals surface area contributed by atoms with Crippen LogP contribution in [0.15, 0.2) is 36.4 Å². The summed E-state index contributed by atoms with van der Waals surface area (Å²) in [5.74, 6) is -0.233. The number of fused-ring (bicyclic) bond motifs is 1. The van der Waals surface area contributed by atoms with Crippen molar-refractivity contribution in [3.05, 3.63) is 58.7 Å². The first-order valence-electron chi connectivity index (χ1n) is 7.37. The Morgan fingerprint density at radius 3 is 2.76 bits per heavy atom. The molecule has 0 saturated heterocycles. The van der Waals surface area contributed by atoms with Crippen molar-refractivity contribution in [3.8, 4) is 5.75 Å². The van der Waals surface area contributed by atoms with E-state index in [0.29, 0.717) is 5.56 Å². The van der Waals surface area contributed by atoms with Crippen LogP contribution in [0.5, 0.6) is 5.75 Å². The summed E-state index contributed by atoms with van der Waals surface area (Å²) in [5, 5.41) is 12.9. The second-order valence-corrected chi connectivity index (χ2v) is 5.63. The molecule has 3 heteroatoms. The molecule has 0 saturated carbocycles. The molecule has 0 radical (unpaired) electrons. The zero-order valence-electron chi connectivity index (χ0n) is 12.1. The molecule has 0 atom stereocenters. The van der Waals surface area contributed by atoms with Crippen LogP contribution in [0.4, 0.5) is 5.69 Å². The molecule has 108 valence electrons. The summed E-state index contributed by atoms with van der Waals surface area (Å²) >= 11 is 0. The van der Waals surface area contributed by atoms with Crippen molar-refractivity contribution in [1.29, 1.82) is 0 Å². The third-order valence-electron chi connectivity index (χ3n) is 4.04. The molecule has 2 aromatic rings. The highest BCUT2D eigenvalue weighted by atomic mass is 16.3. The van der Waals surface area contributed by atoms with Crippen molar-refractivity contribution in [1.82, 2.24) is 0 Å². The number of carbonyl (C=O) groups is 1. The summed E-state index contributed by atoms with van der Waals surface area (Å²) < 4.78 is 0. The zero-order chi connectivity index (χ0) is 14.8. The van der Waals surface area contributed by atoms with E-state index in [1.54, 1.807) is 12.1 Å². The van der Waals surface area contributed by atoms with E-state index in [9.17, 15) is 9.90 Å². The minimum absolute atomic E-state index is 0.0253. The number of carbonyl (C=O) groups excluding carboxylic acids is 1. The summed E-state index contributed by atoms with van der Waals surface area (Å²) in [6, 6.07) is 11.1. The van der Waals surface area contributed by atoms with Crippen molar-refractivity contribution in [2.24, 2.45) is 0 Å². The van der Waals surface area contributed by atoms with E-state index in [1.165, 1.54) is 17.5 Å². The Bertz CT molecular complexity index is 692. The van der Waals surface area contributed by atoms with Crippen LogP contribution in [0, 0.1) is 6.92 Å². The minimum Gasteiger partial charge on any atom is -0.507 e. The van der Waals surface area contributed by atoms with Crippen LogP contribution >= 0.6 is 0 Å². The molecule has 3 nitrogen and oxygen atoms in total. The lowest BCUT2D eigenvalue weighted by Crippen LogP contribution is -2.15. The zero-order valence-corrected chi connectivity index (χ0v) is 12.1. The van der Waals surface area contributed by atoms with Crippen LogP contribution in [0.3, 0.4) is 0 Å². The average Bonchev–Trinajstić information content (AvgIpc) is 2.47. The second kappa shape index (κ2) is 5.60. The quantitative estimate of drug-likeness (QED) is 0.879. The van der Waals surface area contributed by atoms with E-state index < -0.39 is 0 Å². The van der Waals surface area contributed by atoms with Gasteiger partial charge in [0.2, 0.25) is 0 Å². The molecule has 0 fully saturated rings. The van der Waals surface area contributed by atoms with Gasteiger partial charge >= 0.3 is 0 Å². The number of amides is 1. The lowest BCUT2D eigenvalue weighted by atomic mass is 9.90. The van der Waals surface area contributed by atoms with Gasteiger partial charge in [-0.15, -0.1) is 0 Å². The summed E-state index contributed by atoms with van der Waals surface area (Å²) in [5.41, 5.74) is 4.68. The van der Waals surface area contributed by atoms with Gasteiger partial charge in [-0.25, -0.2) is 0 Å².